The van der Waals surface area contributed by atoms with Gasteiger partial charge < -0.3 is 25.0 Å². The predicted octanol–water partition coefficient (Wildman–Crippen LogP) is 6.17. The van der Waals surface area contributed by atoms with Gasteiger partial charge in [-0.1, -0.05) is 39.0 Å². The van der Waals surface area contributed by atoms with Crippen LogP contribution in [0, 0.1) is 19.8 Å². The zero-order chi connectivity index (χ0) is 29.3. The van der Waals surface area contributed by atoms with Crippen LogP contribution >= 0.6 is 0 Å². The molecular formula is C31H45N3O5. The number of ether oxygens (including phenoxy) is 2. The van der Waals surface area contributed by atoms with Crippen LogP contribution in [0.2, 0.25) is 0 Å². The molecule has 8 nitrogen and oxygen atoms in total. The Morgan fingerprint density at radius 2 is 1.56 bits per heavy atom. The average molecular weight is 540 g/mol. The highest BCUT2D eigenvalue weighted by Crippen LogP contribution is 2.30. The first-order valence-electron chi connectivity index (χ1n) is 13.6. The summed E-state index contributed by atoms with van der Waals surface area (Å²) < 4.78 is 10.7. The molecule has 2 N–H and O–H groups in total. The standard InChI is InChI=1S/C31H45N3O5/c1-10-18-34(29(36)25(19-20(2)3)33-30(37)39-31(6,7)8)27(26-21(4)12-11-13-22(26)5)28(35)32-23-14-16-24(38-9)17-15-23/h11-17,20,25,27H,10,18-19H2,1-9H3,(H,32,35)(H,33,37). The van der Waals surface area contributed by atoms with Crippen molar-refractivity contribution in [1.29, 1.82) is 0 Å². The topological polar surface area (TPSA) is 97.0 Å². The van der Waals surface area contributed by atoms with Crippen LogP contribution in [-0.4, -0.2) is 48.1 Å². The number of carbonyl (C=O) groups is 3. The molecule has 0 aliphatic carbocycles. The third-order valence-electron chi connectivity index (χ3n) is 6.18. The van der Waals surface area contributed by atoms with Crippen LogP contribution in [0.4, 0.5) is 10.5 Å². The first-order chi connectivity index (χ1) is 18.3. The number of methoxy groups -OCH3 is 1. The molecule has 0 radical (unpaired) electrons. The Hall–Kier alpha value is -3.55. The maximum absolute atomic E-state index is 14.2. The summed E-state index contributed by atoms with van der Waals surface area (Å²) in [4.78, 5) is 42.5. The summed E-state index contributed by atoms with van der Waals surface area (Å²) in [7, 11) is 1.58. The van der Waals surface area contributed by atoms with E-state index in [0.717, 1.165) is 16.7 Å². The van der Waals surface area contributed by atoms with Gasteiger partial charge in [0.2, 0.25) is 5.91 Å². The van der Waals surface area contributed by atoms with Crippen LogP contribution in [0.3, 0.4) is 0 Å². The van der Waals surface area contributed by atoms with Crippen molar-refractivity contribution < 1.29 is 23.9 Å². The normalized spacial score (nSPS) is 12.9. The van der Waals surface area contributed by atoms with Gasteiger partial charge in [0, 0.05) is 12.2 Å². The second kappa shape index (κ2) is 14.0. The largest absolute Gasteiger partial charge is 0.497 e. The van der Waals surface area contributed by atoms with Gasteiger partial charge in [-0.05, 0) is 94.3 Å². The van der Waals surface area contributed by atoms with E-state index >= 15 is 0 Å². The fourth-order valence-corrected chi connectivity index (χ4v) is 4.52. The van der Waals surface area contributed by atoms with Gasteiger partial charge in [0.1, 0.15) is 23.4 Å². The second-order valence-corrected chi connectivity index (χ2v) is 11.3. The van der Waals surface area contributed by atoms with E-state index in [1.807, 2.05) is 52.8 Å². The van der Waals surface area contributed by atoms with Crippen molar-refractivity contribution in [1.82, 2.24) is 10.2 Å². The highest BCUT2D eigenvalue weighted by atomic mass is 16.6. The van der Waals surface area contributed by atoms with Crippen LogP contribution in [0.25, 0.3) is 0 Å². The second-order valence-electron chi connectivity index (χ2n) is 11.3. The van der Waals surface area contributed by atoms with E-state index in [-0.39, 0.29) is 17.7 Å². The van der Waals surface area contributed by atoms with Gasteiger partial charge in [-0.2, -0.15) is 0 Å². The molecule has 0 heterocycles. The zero-order valence-corrected chi connectivity index (χ0v) is 24.9. The fraction of sp³-hybridized carbons (Fsp3) is 0.516. The van der Waals surface area contributed by atoms with Gasteiger partial charge >= 0.3 is 6.09 Å². The minimum Gasteiger partial charge on any atom is -0.497 e. The number of rotatable bonds is 11. The number of nitrogens with one attached hydrogen (secondary N) is 2. The van der Waals surface area contributed by atoms with E-state index in [1.165, 1.54) is 0 Å². The lowest BCUT2D eigenvalue weighted by Gasteiger charge is -2.36. The Morgan fingerprint density at radius 3 is 2.05 bits per heavy atom. The van der Waals surface area contributed by atoms with E-state index in [0.29, 0.717) is 30.8 Å². The monoisotopic (exact) mass is 539 g/mol. The molecule has 0 saturated heterocycles. The minimum atomic E-state index is -0.907. The molecule has 0 fully saturated rings. The van der Waals surface area contributed by atoms with E-state index in [1.54, 1.807) is 57.0 Å². The summed E-state index contributed by atoms with van der Waals surface area (Å²) >= 11 is 0. The van der Waals surface area contributed by atoms with Crippen molar-refractivity contribution in [2.45, 2.75) is 85.9 Å². The highest BCUT2D eigenvalue weighted by Gasteiger charge is 2.37. The Labute approximate surface area is 233 Å². The Balaban J connectivity index is 2.55. The number of carbonyl (C=O) groups excluding carboxylic acids is 3. The first kappa shape index (κ1) is 31.7. The SMILES string of the molecule is CCCN(C(=O)C(CC(C)C)NC(=O)OC(C)(C)C)C(C(=O)Nc1ccc(OC)cc1)c1c(C)cccc1C. The predicted molar refractivity (Wildman–Crippen MR) is 155 cm³/mol. The zero-order valence-electron chi connectivity index (χ0n) is 24.9. The summed E-state index contributed by atoms with van der Waals surface area (Å²) in [5.41, 5.74) is 2.45. The summed E-state index contributed by atoms with van der Waals surface area (Å²) in [6, 6.07) is 11.1. The van der Waals surface area contributed by atoms with Gasteiger partial charge in [-0.25, -0.2) is 4.79 Å². The third kappa shape index (κ3) is 9.30. The molecule has 0 aromatic heterocycles. The molecule has 0 spiro atoms. The number of anilines is 1. The smallest absolute Gasteiger partial charge is 0.408 e. The number of aryl methyl sites for hydroxylation is 2. The number of hydrogen-bond donors (Lipinski definition) is 2. The minimum absolute atomic E-state index is 0.115. The number of benzene rings is 2. The molecule has 214 valence electrons. The van der Waals surface area contributed by atoms with E-state index in [9.17, 15) is 14.4 Å². The van der Waals surface area contributed by atoms with Crippen LogP contribution in [0.5, 0.6) is 5.75 Å². The lowest BCUT2D eigenvalue weighted by atomic mass is 9.92. The number of nitrogens with zero attached hydrogens (tertiary/aromatic N) is 1. The van der Waals surface area contributed by atoms with E-state index in [4.69, 9.17) is 9.47 Å². The van der Waals surface area contributed by atoms with Crippen molar-refractivity contribution >= 4 is 23.6 Å². The molecule has 0 bridgehead atoms. The molecule has 39 heavy (non-hydrogen) atoms. The highest BCUT2D eigenvalue weighted by molar-refractivity contribution is 5.99. The molecule has 2 aromatic carbocycles. The van der Waals surface area contributed by atoms with Crippen LogP contribution in [0.15, 0.2) is 42.5 Å². The van der Waals surface area contributed by atoms with Crippen molar-refractivity contribution in [3.63, 3.8) is 0 Å². The Bertz CT molecular complexity index is 1100. The van der Waals surface area contributed by atoms with Crippen molar-refractivity contribution in [3.8, 4) is 5.75 Å². The van der Waals surface area contributed by atoms with Crippen LogP contribution in [0.1, 0.15) is 77.1 Å². The van der Waals surface area contributed by atoms with Crippen LogP contribution in [-0.2, 0) is 14.3 Å². The number of hydrogen-bond acceptors (Lipinski definition) is 5. The van der Waals surface area contributed by atoms with Crippen molar-refractivity contribution in [2.75, 3.05) is 19.0 Å². The molecule has 2 aromatic rings. The lowest BCUT2D eigenvalue weighted by Crippen LogP contribution is -2.53. The van der Waals surface area contributed by atoms with Gasteiger partial charge in [0.15, 0.2) is 0 Å². The van der Waals surface area contributed by atoms with Gasteiger partial charge in [-0.3, -0.25) is 9.59 Å². The van der Waals surface area contributed by atoms with Gasteiger partial charge in [0.05, 0.1) is 7.11 Å². The van der Waals surface area contributed by atoms with Gasteiger partial charge in [-0.15, -0.1) is 0 Å². The molecule has 3 amide bonds. The van der Waals surface area contributed by atoms with Crippen molar-refractivity contribution in [3.05, 3.63) is 59.2 Å². The summed E-state index contributed by atoms with van der Waals surface area (Å²) in [6.45, 7) is 15.5. The van der Waals surface area contributed by atoms with Gasteiger partial charge in [0.25, 0.3) is 5.91 Å². The van der Waals surface area contributed by atoms with Crippen LogP contribution < -0.4 is 15.4 Å². The third-order valence-corrected chi connectivity index (χ3v) is 6.18. The van der Waals surface area contributed by atoms with E-state index in [2.05, 4.69) is 10.6 Å². The van der Waals surface area contributed by atoms with Crippen molar-refractivity contribution in [2.24, 2.45) is 5.92 Å². The maximum atomic E-state index is 14.2. The summed E-state index contributed by atoms with van der Waals surface area (Å²) in [6.07, 6.45) is 0.367. The first-order valence-corrected chi connectivity index (χ1v) is 13.6. The fourth-order valence-electron chi connectivity index (χ4n) is 4.52. The number of amides is 3. The summed E-state index contributed by atoms with van der Waals surface area (Å²) in [5.74, 6) is 0.129. The Morgan fingerprint density at radius 1 is 0.974 bits per heavy atom. The molecule has 0 aliphatic heterocycles. The van der Waals surface area contributed by atoms with E-state index < -0.39 is 23.8 Å². The molecule has 2 rings (SSSR count). The summed E-state index contributed by atoms with van der Waals surface area (Å²) in [5, 5.41) is 5.77. The average Bonchev–Trinajstić information content (AvgIpc) is 2.83. The quantitative estimate of drug-likeness (QED) is 0.356. The Kier molecular flexibility index (Phi) is 11.4. The molecule has 8 heteroatoms. The molecule has 2 atom stereocenters. The molecular weight excluding hydrogens is 494 g/mol. The lowest BCUT2D eigenvalue weighted by molar-refractivity contribution is -0.141. The molecule has 0 aliphatic rings. The number of alkyl carbamates (subject to hydrolysis) is 1. The maximum Gasteiger partial charge on any atom is 0.408 e. The molecule has 0 saturated carbocycles. The molecule has 2 unspecified atom stereocenters.